The third-order valence-corrected chi connectivity index (χ3v) is 2.14. The smallest absolute Gasteiger partial charge is 0.321 e. The maximum absolute atomic E-state index is 10.2. The molecule has 0 aromatic rings. The highest BCUT2D eigenvalue weighted by atomic mass is 32.2. The molecular formula is C6H6O3S. The molecule has 1 heterocycles. The number of hydrogen-bond acceptors (Lipinski definition) is 3. The molecule has 1 aliphatic rings. The molecule has 3 nitrogen and oxygen atoms in total. The van der Waals surface area contributed by atoms with E-state index in [4.69, 9.17) is 4.18 Å². The van der Waals surface area contributed by atoms with Crippen molar-refractivity contribution in [3.8, 4) is 0 Å². The van der Waals surface area contributed by atoms with E-state index >= 15 is 0 Å². The van der Waals surface area contributed by atoms with Crippen LogP contribution in [0.15, 0.2) is 24.5 Å². The zero-order valence-corrected chi connectivity index (χ0v) is 5.97. The molecule has 0 radical (unpaired) electrons. The SMILES string of the molecule is O=C([O-])[S+]1CC=CC=CO1. The molecule has 0 bridgehead atoms. The zero-order chi connectivity index (χ0) is 7.40. The van der Waals surface area contributed by atoms with E-state index in [9.17, 15) is 9.90 Å². The molecule has 0 aromatic heterocycles. The van der Waals surface area contributed by atoms with Gasteiger partial charge in [0.2, 0.25) is 0 Å². The Morgan fingerprint density at radius 3 is 3.10 bits per heavy atom. The highest BCUT2D eigenvalue weighted by molar-refractivity contribution is 8.06. The summed E-state index contributed by atoms with van der Waals surface area (Å²) in [5.41, 5.74) is 0. The summed E-state index contributed by atoms with van der Waals surface area (Å²) in [6.45, 7) is 0. The molecule has 0 N–H and O–H groups in total. The second-order valence-corrected chi connectivity index (χ2v) is 3.17. The van der Waals surface area contributed by atoms with Crippen LogP contribution in [0.25, 0.3) is 0 Å². The average molecular weight is 158 g/mol. The number of hydrogen-bond donors (Lipinski definition) is 0. The van der Waals surface area contributed by atoms with Crippen molar-refractivity contribution in [2.75, 3.05) is 5.75 Å². The van der Waals surface area contributed by atoms with Gasteiger partial charge in [-0.05, 0) is 12.2 Å². The minimum atomic E-state index is -1.14. The van der Waals surface area contributed by atoms with Crippen molar-refractivity contribution < 1.29 is 14.1 Å². The summed E-state index contributed by atoms with van der Waals surface area (Å²) >= 11 is -1.08. The van der Waals surface area contributed by atoms with Gasteiger partial charge in [-0.25, -0.2) is 0 Å². The highest BCUT2D eigenvalue weighted by Gasteiger charge is 2.21. The lowest BCUT2D eigenvalue weighted by Crippen LogP contribution is -2.32. The summed E-state index contributed by atoms with van der Waals surface area (Å²) in [4.78, 5) is 10.2. The zero-order valence-electron chi connectivity index (χ0n) is 5.15. The van der Waals surface area contributed by atoms with E-state index in [-0.39, 0.29) is 0 Å². The van der Waals surface area contributed by atoms with E-state index in [1.165, 1.54) is 6.26 Å². The molecule has 0 aliphatic carbocycles. The Hall–Kier alpha value is -0.900. The Morgan fingerprint density at radius 1 is 1.60 bits per heavy atom. The molecule has 10 heavy (non-hydrogen) atoms. The highest BCUT2D eigenvalue weighted by Crippen LogP contribution is 2.03. The van der Waals surface area contributed by atoms with E-state index in [2.05, 4.69) is 0 Å². The molecule has 1 aliphatic heterocycles. The first kappa shape index (κ1) is 7.21. The van der Waals surface area contributed by atoms with Gasteiger partial charge in [-0.1, -0.05) is 6.08 Å². The molecule has 0 saturated heterocycles. The molecule has 0 amide bonds. The monoisotopic (exact) mass is 158 g/mol. The molecule has 0 saturated carbocycles. The van der Waals surface area contributed by atoms with Gasteiger partial charge in [-0.2, -0.15) is 0 Å². The summed E-state index contributed by atoms with van der Waals surface area (Å²) in [7, 11) is 0. The topological polar surface area (TPSA) is 49.4 Å². The Bertz CT molecular complexity index is 171. The van der Waals surface area contributed by atoms with Crippen LogP contribution in [0.4, 0.5) is 4.79 Å². The molecule has 1 rings (SSSR count). The summed E-state index contributed by atoms with van der Waals surface area (Å²) < 4.78 is 4.79. The molecule has 1 unspecified atom stereocenters. The van der Waals surface area contributed by atoms with Gasteiger partial charge in [0.15, 0.2) is 12.0 Å². The molecule has 1 atom stereocenters. The van der Waals surface area contributed by atoms with E-state index in [1.54, 1.807) is 18.2 Å². The van der Waals surface area contributed by atoms with Crippen LogP contribution in [0.5, 0.6) is 0 Å². The normalized spacial score (nSPS) is 23.4. The Kier molecular flexibility index (Phi) is 2.39. The Morgan fingerprint density at radius 2 is 2.40 bits per heavy atom. The van der Waals surface area contributed by atoms with Crippen LogP contribution in [-0.4, -0.2) is 11.1 Å². The van der Waals surface area contributed by atoms with Crippen molar-refractivity contribution in [2.45, 2.75) is 0 Å². The Labute approximate surface area is 61.5 Å². The number of carbonyl (C=O) groups excluding carboxylic acids is 1. The first-order chi connectivity index (χ1) is 4.80. The third kappa shape index (κ3) is 1.80. The second-order valence-electron chi connectivity index (χ2n) is 1.62. The predicted octanol–water partition coefficient (Wildman–Crippen LogP) is -0.0369. The number of allylic oxidation sites excluding steroid dienone is 2. The second kappa shape index (κ2) is 3.31. The molecule has 0 fully saturated rings. The van der Waals surface area contributed by atoms with Gasteiger partial charge in [0.25, 0.3) is 11.2 Å². The minimum absolute atomic E-state index is 0.398. The molecule has 54 valence electrons. The summed E-state index contributed by atoms with van der Waals surface area (Å²) in [5, 5.41) is 9.07. The number of carbonyl (C=O) groups is 1. The van der Waals surface area contributed by atoms with Crippen LogP contribution < -0.4 is 5.11 Å². The number of rotatable bonds is 0. The van der Waals surface area contributed by atoms with E-state index < -0.39 is 16.5 Å². The van der Waals surface area contributed by atoms with E-state index in [0.29, 0.717) is 5.75 Å². The lowest BCUT2D eigenvalue weighted by atomic mass is 10.5. The molecule has 0 aromatic carbocycles. The van der Waals surface area contributed by atoms with E-state index in [1.807, 2.05) is 0 Å². The molecule has 0 spiro atoms. The van der Waals surface area contributed by atoms with E-state index in [0.717, 1.165) is 0 Å². The van der Waals surface area contributed by atoms with Crippen molar-refractivity contribution in [3.05, 3.63) is 24.5 Å². The van der Waals surface area contributed by atoms with Gasteiger partial charge in [0.1, 0.15) is 0 Å². The van der Waals surface area contributed by atoms with Crippen LogP contribution in [-0.2, 0) is 15.4 Å². The van der Waals surface area contributed by atoms with Gasteiger partial charge >= 0.3 is 5.30 Å². The largest absolute Gasteiger partial charge is 0.501 e. The Balaban J connectivity index is 2.55. The summed E-state index contributed by atoms with van der Waals surface area (Å²) in [5.74, 6) is 0.398. The minimum Gasteiger partial charge on any atom is -0.501 e. The summed E-state index contributed by atoms with van der Waals surface area (Å²) in [6.07, 6.45) is 6.50. The molecular weight excluding hydrogens is 152 g/mol. The fraction of sp³-hybridized carbons (Fsp3) is 0.167. The van der Waals surface area contributed by atoms with Crippen molar-refractivity contribution >= 4 is 16.5 Å². The standard InChI is InChI=1S/C6H6O3S/c7-6(8)10-5-3-1-2-4-9-10/h1-4H,5H2. The van der Waals surface area contributed by atoms with Crippen molar-refractivity contribution in [1.29, 1.82) is 0 Å². The van der Waals surface area contributed by atoms with Crippen LogP contribution in [0, 0.1) is 0 Å². The fourth-order valence-corrected chi connectivity index (χ4v) is 1.29. The van der Waals surface area contributed by atoms with Gasteiger partial charge in [-0.15, -0.1) is 0 Å². The van der Waals surface area contributed by atoms with Gasteiger partial charge in [0.05, 0.1) is 0 Å². The molecule has 4 heteroatoms. The first-order valence-corrected chi connectivity index (χ1v) is 4.03. The summed E-state index contributed by atoms with van der Waals surface area (Å²) in [6, 6.07) is 0. The fourth-order valence-electron chi connectivity index (χ4n) is 0.513. The maximum atomic E-state index is 10.2. The predicted molar refractivity (Wildman–Crippen MR) is 37.0 cm³/mol. The van der Waals surface area contributed by atoms with Crippen molar-refractivity contribution in [2.24, 2.45) is 0 Å². The van der Waals surface area contributed by atoms with Crippen molar-refractivity contribution in [3.63, 3.8) is 0 Å². The average Bonchev–Trinajstić information content (AvgIpc) is 2.12. The van der Waals surface area contributed by atoms with Crippen LogP contribution in [0.2, 0.25) is 0 Å². The van der Waals surface area contributed by atoms with Crippen LogP contribution >= 0.6 is 0 Å². The van der Waals surface area contributed by atoms with Gasteiger partial charge in [-0.3, -0.25) is 4.18 Å². The van der Waals surface area contributed by atoms with Gasteiger partial charge in [0, 0.05) is 0 Å². The lowest BCUT2D eigenvalue weighted by Gasteiger charge is -1.98. The third-order valence-electron chi connectivity index (χ3n) is 0.931. The quantitative estimate of drug-likeness (QED) is 0.465. The van der Waals surface area contributed by atoms with Gasteiger partial charge < -0.3 is 9.90 Å². The number of carboxylic acid groups (broad SMARTS) is 1. The first-order valence-electron chi connectivity index (χ1n) is 2.71. The maximum Gasteiger partial charge on any atom is 0.321 e. The van der Waals surface area contributed by atoms with Crippen LogP contribution in [0.3, 0.4) is 0 Å². The lowest BCUT2D eigenvalue weighted by molar-refractivity contribution is -0.233. The van der Waals surface area contributed by atoms with Crippen molar-refractivity contribution in [1.82, 2.24) is 0 Å². The van der Waals surface area contributed by atoms with Crippen LogP contribution in [0.1, 0.15) is 0 Å².